The number of alkyl halides is 3. The zero-order valence-electron chi connectivity index (χ0n) is 9.02. The minimum absolute atomic E-state index is 0. The summed E-state index contributed by atoms with van der Waals surface area (Å²) in [4.78, 5) is 11.3. The first-order valence-electron chi connectivity index (χ1n) is 4.54. The summed E-state index contributed by atoms with van der Waals surface area (Å²) in [7, 11) is 0. The van der Waals surface area contributed by atoms with Crippen molar-refractivity contribution in [2.24, 2.45) is 0 Å². The average molecular weight is 290 g/mol. The smallest absolute Gasteiger partial charge is 0.340 e. The molecule has 0 fully saturated rings. The van der Waals surface area contributed by atoms with E-state index in [1.165, 1.54) is 5.32 Å². The number of benzene rings is 1. The normalized spacial score (nSPS) is 12.6. The van der Waals surface area contributed by atoms with Gasteiger partial charge in [0.25, 0.3) is 5.91 Å². The van der Waals surface area contributed by atoms with Crippen LogP contribution in [0.15, 0.2) is 18.2 Å². The standard InChI is InChI=1S/C10H8F5NO.ClH/c1-5(10(13,14)15)16-9(17)7-4-6(11)2-3-8(7)12;/h2-5H,1H3,(H,16,17);1H. The monoisotopic (exact) mass is 289 g/mol. The first kappa shape index (κ1) is 16.6. The van der Waals surface area contributed by atoms with Gasteiger partial charge in [-0.15, -0.1) is 12.4 Å². The molecule has 1 aromatic carbocycles. The van der Waals surface area contributed by atoms with Crippen molar-refractivity contribution >= 4 is 18.3 Å². The molecule has 1 aromatic rings. The SMILES string of the molecule is CC(NC(=O)c1cc(F)ccc1F)C(F)(F)F.Cl. The Morgan fingerprint density at radius 3 is 2.33 bits per heavy atom. The van der Waals surface area contributed by atoms with Crippen LogP contribution in [0, 0.1) is 11.6 Å². The highest BCUT2D eigenvalue weighted by atomic mass is 35.5. The molecule has 0 spiro atoms. The summed E-state index contributed by atoms with van der Waals surface area (Å²) in [6, 6.07) is -0.173. The fourth-order valence-electron chi connectivity index (χ4n) is 1.03. The van der Waals surface area contributed by atoms with E-state index in [1.807, 2.05) is 0 Å². The Balaban J connectivity index is 0.00000289. The number of hydrogen-bond donors (Lipinski definition) is 1. The molecule has 0 saturated carbocycles. The second-order valence-electron chi connectivity index (χ2n) is 3.36. The van der Waals surface area contributed by atoms with Crippen molar-refractivity contribution in [1.82, 2.24) is 5.32 Å². The maximum Gasteiger partial charge on any atom is 0.408 e. The largest absolute Gasteiger partial charge is 0.408 e. The van der Waals surface area contributed by atoms with Crippen LogP contribution < -0.4 is 5.32 Å². The van der Waals surface area contributed by atoms with Crippen molar-refractivity contribution in [2.45, 2.75) is 19.1 Å². The quantitative estimate of drug-likeness (QED) is 0.833. The molecule has 0 radical (unpaired) electrons. The molecule has 0 aliphatic carbocycles. The lowest BCUT2D eigenvalue weighted by Gasteiger charge is -2.17. The van der Waals surface area contributed by atoms with Crippen molar-refractivity contribution in [3.05, 3.63) is 35.4 Å². The lowest BCUT2D eigenvalue weighted by molar-refractivity contribution is -0.149. The van der Waals surface area contributed by atoms with Crippen LogP contribution in [0.3, 0.4) is 0 Å². The van der Waals surface area contributed by atoms with E-state index in [2.05, 4.69) is 0 Å². The molecule has 1 atom stereocenters. The summed E-state index contributed by atoms with van der Waals surface area (Å²) in [6.07, 6.45) is -4.64. The summed E-state index contributed by atoms with van der Waals surface area (Å²) >= 11 is 0. The van der Waals surface area contributed by atoms with Crippen LogP contribution in [-0.4, -0.2) is 18.1 Å². The first-order valence-corrected chi connectivity index (χ1v) is 4.54. The van der Waals surface area contributed by atoms with Gasteiger partial charge in [0.05, 0.1) is 5.56 Å². The van der Waals surface area contributed by atoms with E-state index in [9.17, 15) is 26.7 Å². The molecule has 8 heteroatoms. The van der Waals surface area contributed by atoms with Crippen molar-refractivity contribution in [3.8, 4) is 0 Å². The second kappa shape index (κ2) is 5.99. The third-order valence-corrected chi connectivity index (χ3v) is 2.01. The zero-order valence-corrected chi connectivity index (χ0v) is 9.83. The van der Waals surface area contributed by atoms with Crippen LogP contribution in [0.1, 0.15) is 17.3 Å². The molecule has 1 unspecified atom stereocenters. The van der Waals surface area contributed by atoms with Crippen LogP contribution in [0.4, 0.5) is 22.0 Å². The van der Waals surface area contributed by atoms with Gasteiger partial charge in [0, 0.05) is 0 Å². The van der Waals surface area contributed by atoms with Gasteiger partial charge in [-0.1, -0.05) is 0 Å². The van der Waals surface area contributed by atoms with Gasteiger partial charge in [-0.25, -0.2) is 8.78 Å². The average Bonchev–Trinajstić information content (AvgIpc) is 2.20. The van der Waals surface area contributed by atoms with Gasteiger partial charge >= 0.3 is 6.18 Å². The van der Waals surface area contributed by atoms with Crippen LogP contribution in [0.25, 0.3) is 0 Å². The number of carbonyl (C=O) groups is 1. The van der Waals surface area contributed by atoms with Gasteiger partial charge in [0.15, 0.2) is 0 Å². The number of halogens is 6. The minimum Gasteiger partial charge on any atom is -0.340 e. The van der Waals surface area contributed by atoms with E-state index in [0.29, 0.717) is 19.1 Å². The fourth-order valence-corrected chi connectivity index (χ4v) is 1.03. The van der Waals surface area contributed by atoms with E-state index in [-0.39, 0.29) is 12.4 Å². The topological polar surface area (TPSA) is 29.1 Å². The Labute approximate surface area is 106 Å². The molecule has 0 saturated heterocycles. The Morgan fingerprint density at radius 1 is 1.28 bits per heavy atom. The van der Waals surface area contributed by atoms with Crippen molar-refractivity contribution in [3.63, 3.8) is 0 Å². The highest BCUT2D eigenvalue weighted by Gasteiger charge is 2.37. The van der Waals surface area contributed by atoms with Crippen LogP contribution in [0.2, 0.25) is 0 Å². The lowest BCUT2D eigenvalue weighted by atomic mass is 10.2. The van der Waals surface area contributed by atoms with Crippen LogP contribution in [0.5, 0.6) is 0 Å². The van der Waals surface area contributed by atoms with Crippen molar-refractivity contribution in [1.29, 1.82) is 0 Å². The number of nitrogens with one attached hydrogen (secondary N) is 1. The third-order valence-electron chi connectivity index (χ3n) is 2.01. The molecule has 102 valence electrons. The van der Waals surface area contributed by atoms with Gasteiger partial charge in [-0.05, 0) is 25.1 Å². The molecule has 18 heavy (non-hydrogen) atoms. The highest BCUT2D eigenvalue weighted by Crippen LogP contribution is 2.20. The zero-order chi connectivity index (χ0) is 13.2. The van der Waals surface area contributed by atoms with Crippen molar-refractivity contribution < 1.29 is 26.7 Å². The highest BCUT2D eigenvalue weighted by molar-refractivity contribution is 5.94. The maximum atomic E-state index is 13.1. The molecule has 1 amide bonds. The molecular formula is C10H9ClF5NO. The molecule has 0 aliphatic rings. The van der Waals surface area contributed by atoms with Gasteiger partial charge in [-0.2, -0.15) is 13.2 Å². The van der Waals surface area contributed by atoms with E-state index in [4.69, 9.17) is 0 Å². The third kappa shape index (κ3) is 4.14. The molecule has 0 aromatic heterocycles. The van der Waals surface area contributed by atoms with Crippen LogP contribution in [-0.2, 0) is 0 Å². The van der Waals surface area contributed by atoms with Gasteiger partial charge in [0.1, 0.15) is 17.7 Å². The Bertz CT molecular complexity index is 435. The van der Waals surface area contributed by atoms with Crippen LogP contribution >= 0.6 is 12.4 Å². The summed E-state index contributed by atoms with van der Waals surface area (Å²) in [5, 5.41) is 1.53. The maximum absolute atomic E-state index is 13.1. The fraction of sp³-hybridized carbons (Fsp3) is 0.300. The Kier molecular flexibility index (Phi) is 5.54. The molecule has 1 rings (SSSR count). The first-order chi connectivity index (χ1) is 7.71. The Hall–Kier alpha value is -1.37. The predicted octanol–water partition coefficient (Wildman–Crippen LogP) is 3.07. The van der Waals surface area contributed by atoms with E-state index in [0.717, 1.165) is 6.07 Å². The minimum atomic E-state index is -4.64. The molecule has 2 nitrogen and oxygen atoms in total. The molecule has 0 bridgehead atoms. The van der Waals surface area contributed by atoms with E-state index in [1.54, 1.807) is 0 Å². The van der Waals surface area contributed by atoms with Gasteiger partial charge in [-0.3, -0.25) is 4.79 Å². The summed E-state index contributed by atoms with van der Waals surface area (Å²) in [5.41, 5.74) is -0.763. The number of amides is 1. The summed E-state index contributed by atoms with van der Waals surface area (Å²) in [5.74, 6) is -3.30. The molecule has 1 N–H and O–H groups in total. The molecule has 0 aliphatic heterocycles. The summed E-state index contributed by atoms with van der Waals surface area (Å²) < 4.78 is 62.1. The second-order valence-corrected chi connectivity index (χ2v) is 3.36. The van der Waals surface area contributed by atoms with E-state index >= 15 is 0 Å². The van der Waals surface area contributed by atoms with Gasteiger partial charge < -0.3 is 5.32 Å². The molecular weight excluding hydrogens is 281 g/mol. The number of hydrogen-bond acceptors (Lipinski definition) is 1. The number of carbonyl (C=O) groups excluding carboxylic acids is 1. The van der Waals surface area contributed by atoms with Crippen molar-refractivity contribution in [2.75, 3.05) is 0 Å². The van der Waals surface area contributed by atoms with Gasteiger partial charge in [0.2, 0.25) is 0 Å². The lowest BCUT2D eigenvalue weighted by Crippen LogP contribution is -2.43. The summed E-state index contributed by atoms with van der Waals surface area (Å²) in [6.45, 7) is 0.703. The molecule has 0 heterocycles. The Morgan fingerprint density at radius 2 is 1.83 bits per heavy atom. The number of rotatable bonds is 2. The van der Waals surface area contributed by atoms with E-state index < -0.39 is 35.3 Å². The predicted molar refractivity (Wildman–Crippen MR) is 56.6 cm³/mol.